The molecule has 0 aliphatic heterocycles. The number of rotatable bonds is 5. The summed E-state index contributed by atoms with van der Waals surface area (Å²) in [6.45, 7) is 3.78. The summed E-state index contributed by atoms with van der Waals surface area (Å²) < 4.78 is 13.1. The molecule has 1 amide bonds. The average molecular weight is 290 g/mol. The van der Waals surface area contributed by atoms with E-state index >= 15 is 0 Å². The molecule has 2 N–H and O–H groups in total. The lowest BCUT2D eigenvalue weighted by Crippen LogP contribution is -2.23. The van der Waals surface area contributed by atoms with Gasteiger partial charge >= 0.3 is 0 Å². The van der Waals surface area contributed by atoms with E-state index in [1.165, 1.54) is 12.4 Å². The van der Waals surface area contributed by atoms with Gasteiger partial charge in [0.05, 0.1) is 24.1 Å². The van der Waals surface area contributed by atoms with Crippen molar-refractivity contribution in [1.82, 2.24) is 15.4 Å². The van der Waals surface area contributed by atoms with Gasteiger partial charge in [0.25, 0.3) is 5.91 Å². The molecule has 2 aromatic heterocycles. The van der Waals surface area contributed by atoms with Gasteiger partial charge in [0.15, 0.2) is 0 Å². The summed E-state index contributed by atoms with van der Waals surface area (Å²) in [4.78, 5) is 24.1. The van der Waals surface area contributed by atoms with Crippen LogP contribution >= 0.6 is 0 Å². The number of halogens is 1. The maximum absolute atomic E-state index is 13.1. The van der Waals surface area contributed by atoms with Crippen LogP contribution in [0.15, 0.2) is 30.6 Å². The Hall–Kier alpha value is -2.54. The first-order valence-corrected chi connectivity index (χ1v) is 6.37. The van der Waals surface area contributed by atoms with Gasteiger partial charge in [0, 0.05) is 11.8 Å². The summed E-state index contributed by atoms with van der Waals surface area (Å²) in [7, 11) is 0. The van der Waals surface area contributed by atoms with Gasteiger partial charge in [0.1, 0.15) is 5.82 Å². The SMILES string of the molecule is CCONC(=O)c1ccc(Nc2cnc(F)c(C)c2)nc1. The van der Waals surface area contributed by atoms with Crippen molar-refractivity contribution < 1.29 is 14.0 Å². The third kappa shape index (κ3) is 3.96. The molecule has 2 aromatic rings. The lowest BCUT2D eigenvalue weighted by molar-refractivity contribution is 0.0364. The molecule has 0 atom stereocenters. The number of pyridine rings is 2. The van der Waals surface area contributed by atoms with Crippen molar-refractivity contribution in [3.8, 4) is 0 Å². The number of carbonyl (C=O) groups excluding carboxylic acids is 1. The zero-order valence-electron chi connectivity index (χ0n) is 11.7. The second-order valence-corrected chi connectivity index (χ2v) is 4.25. The molecule has 0 bridgehead atoms. The van der Waals surface area contributed by atoms with Crippen LogP contribution in [0.5, 0.6) is 0 Å². The number of aromatic nitrogens is 2. The number of nitrogens with one attached hydrogen (secondary N) is 2. The molecule has 0 aliphatic carbocycles. The van der Waals surface area contributed by atoms with E-state index in [-0.39, 0.29) is 5.91 Å². The molecule has 0 aromatic carbocycles. The van der Waals surface area contributed by atoms with Gasteiger partial charge in [-0.25, -0.2) is 15.4 Å². The topological polar surface area (TPSA) is 76.1 Å². The van der Waals surface area contributed by atoms with Crippen molar-refractivity contribution in [1.29, 1.82) is 0 Å². The third-order valence-corrected chi connectivity index (χ3v) is 2.62. The minimum atomic E-state index is -0.503. The minimum absolute atomic E-state index is 0.366. The Balaban J connectivity index is 2.05. The Morgan fingerprint density at radius 3 is 2.76 bits per heavy atom. The van der Waals surface area contributed by atoms with Gasteiger partial charge in [-0.3, -0.25) is 9.63 Å². The van der Waals surface area contributed by atoms with Crippen LogP contribution in [0.4, 0.5) is 15.9 Å². The minimum Gasteiger partial charge on any atom is -0.339 e. The van der Waals surface area contributed by atoms with Gasteiger partial charge in [-0.1, -0.05) is 0 Å². The molecular formula is C14H15FN4O2. The number of aryl methyl sites for hydroxylation is 1. The molecular weight excluding hydrogens is 275 g/mol. The second kappa shape index (κ2) is 6.76. The number of carbonyl (C=O) groups is 1. The monoisotopic (exact) mass is 290 g/mol. The molecule has 110 valence electrons. The van der Waals surface area contributed by atoms with E-state index in [1.807, 2.05) is 0 Å². The van der Waals surface area contributed by atoms with Crippen LogP contribution in [-0.2, 0) is 4.84 Å². The summed E-state index contributed by atoms with van der Waals surface area (Å²) in [5.74, 6) is -0.345. The first kappa shape index (κ1) is 14.9. The van der Waals surface area contributed by atoms with Crippen LogP contribution in [0.3, 0.4) is 0 Å². The van der Waals surface area contributed by atoms with E-state index in [0.717, 1.165) is 0 Å². The van der Waals surface area contributed by atoms with Crippen molar-refractivity contribution >= 4 is 17.4 Å². The predicted octanol–water partition coefficient (Wildman–Crippen LogP) is 2.35. The summed E-state index contributed by atoms with van der Waals surface area (Å²) in [5, 5.41) is 2.98. The zero-order chi connectivity index (χ0) is 15.2. The average Bonchev–Trinajstić information content (AvgIpc) is 2.49. The molecule has 6 nitrogen and oxygen atoms in total. The van der Waals surface area contributed by atoms with E-state index in [2.05, 4.69) is 20.8 Å². The fourth-order valence-corrected chi connectivity index (χ4v) is 1.57. The standard InChI is InChI=1S/C14H15FN4O2/c1-3-21-19-14(20)10-4-5-12(16-7-10)18-11-6-9(2)13(15)17-8-11/h4-8H,3H2,1-2H3,(H,16,18)(H,19,20). The number of hydrogen-bond donors (Lipinski definition) is 2. The molecule has 2 rings (SSSR count). The van der Waals surface area contributed by atoms with Crippen molar-refractivity contribution in [2.45, 2.75) is 13.8 Å². The Kier molecular flexibility index (Phi) is 4.78. The highest BCUT2D eigenvalue weighted by Gasteiger charge is 2.06. The Morgan fingerprint density at radius 2 is 2.14 bits per heavy atom. The summed E-state index contributed by atoms with van der Waals surface area (Å²) >= 11 is 0. The van der Waals surface area contributed by atoms with Crippen molar-refractivity contribution in [2.75, 3.05) is 11.9 Å². The molecule has 0 unspecified atom stereocenters. The number of amides is 1. The number of anilines is 2. The molecule has 2 heterocycles. The van der Waals surface area contributed by atoms with E-state index in [1.54, 1.807) is 32.0 Å². The molecule has 0 fully saturated rings. The fraction of sp³-hybridized carbons (Fsp3) is 0.214. The third-order valence-electron chi connectivity index (χ3n) is 2.62. The number of hydroxylamine groups is 1. The summed E-state index contributed by atoms with van der Waals surface area (Å²) in [5.41, 5.74) is 3.71. The van der Waals surface area contributed by atoms with Crippen LogP contribution < -0.4 is 10.8 Å². The van der Waals surface area contributed by atoms with Gasteiger partial charge in [-0.15, -0.1) is 0 Å². The highest BCUT2D eigenvalue weighted by molar-refractivity contribution is 5.93. The maximum atomic E-state index is 13.1. The molecule has 0 saturated carbocycles. The molecule has 0 spiro atoms. The van der Waals surface area contributed by atoms with Crippen LogP contribution in [0.25, 0.3) is 0 Å². The van der Waals surface area contributed by atoms with E-state index in [9.17, 15) is 9.18 Å². The Labute approximate surface area is 121 Å². The molecule has 0 radical (unpaired) electrons. The second-order valence-electron chi connectivity index (χ2n) is 4.25. The van der Waals surface area contributed by atoms with E-state index in [4.69, 9.17) is 4.84 Å². The number of hydrogen-bond acceptors (Lipinski definition) is 5. The van der Waals surface area contributed by atoms with Crippen molar-refractivity contribution in [2.24, 2.45) is 0 Å². The first-order chi connectivity index (χ1) is 10.1. The number of nitrogens with zero attached hydrogens (tertiary/aromatic N) is 2. The van der Waals surface area contributed by atoms with Gasteiger partial charge in [-0.05, 0) is 32.0 Å². The molecule has 21 heavy (non-hydrogen) atoms. The fourth-order valence-electron chi connectivity index (χ4n) is 1.57. The zero-order valence-corrected chi connectivity index (χ0v) is 11.7. The Morgan fingerprint density at radius 1 is 1.33 bits per heavy atom. The Bertz CT molecular complexity index is 631. The molecule has 0 saturated heterocycles. The molecule has 0 aliphatic rings. The molecule has 7 heteroatoms. The van der Waals surface area contributed by atoms with Gasteiger partial charge in [0.2, 0.25) is 5.95 Å². The van der Waals surface area contributed by atoms with E-state index < -0.39 is 5.95 Å². The summed E-state index contributed by atoms with van der Waals surface area (Å²) in [6, 6.07) is 4.87. The van der Waals surface area contributed by atoms with Crippen LogP contribution in [-0.4, -0.2) is 22.5 Å². The largest absolute Gasteiger partial charge is 0.339 e. The van der Waals surface area contributed by atoms with Crippen LogP contribution in [0.1, 0.15) is 22.8 Å². The van der Waals surface area contributed by atoms with Crippen molar-refractivity contribution in [3.63, 3.8) is 0 Å². The lowest BCUT2D eigenvalue weighted by Gasteiger charge is -2.07. The summed E-state index contributed by atoms with van der Waals surface area (Å²) in [6.07, 6.45) is 2.79. The maximum Gasteiger partial charge on any atom is 0.276 e. The van der Waals surface area contributed by atoms with Crippen LogP contribution in [0.2, 0.25) is 0 Å². The normalized spacial score (nSPS) is 10.2. The van der Waals surface area contributed by atoms with Gasteiger partial charge < -0.3 is 5.32 Å². The lowest BCUT2D eigenvalue weighted by atomic mass is 10.2. The quantitative estimate of drug-likeness (QED) is 0.653. The van der Waals surface area contributed by atoms with Crippen molar-refractivity contribution in [3.05, 3.63) is 47.7 Å². The smallest absolute Gasteiger partial charge is 0.276 e. The highest BCUT2D eigenvalue weighted by atomic mass is 19.1. The van der Waals surface area contributed by atoms with Gasteiger partial charge in [-0.2, -0.15) is 4.39 Å². The first-order valence-electron chi connectivity index (χ1n) is 6.37. The predicted molar refractivity (Wildman–Crippen MR) is 75.5 cm³/mol. The highest BCUT2D eigenvalue weighted by Crippen LogP contribution is 2.16. The van der Waals surface area contributed by atoms with Crippen LogP contribution in [0, 0.1) is 12.9 Å². The van der Waals surface area contributed by atoms with E-state index in [0.29, 0.717) is 29.2 Å².